The van der Waals surface area contributed by atoms with Gasteiger partial charge in [-0.3, -0.25) is 10.1 Å². The molecular weight excluding hydrogens is 543 g/mol. The molecule has 1 aliphatic rings. The molecule has 0 spiro atoms. The number of thiophene rings is 1. The Labute approximate surface area is 251 Å². The SMILES string of the molecule is C=C/C=C(/c1ccsc1)c1nc(-c2n[nH]c(=C/C)/c2=C(/F)C(=C)c2cncc(CNCC3CCCC3)c2)[nH]c1C.CC. The van der Waals surface area contributed by atoms with Gasteiger partial charge in [0.15, 0.2) is 5.82 Å². The first-order valence-corrected chi connectivity index (χ1v) is 15.6. The van der Waals surface area contributed by atoms with E-state index in [1.54, 1.807) is 29.7 Å². The van der Waals surface area contributed by atoms with Crippen LogP contribution in [0.4, 0.5) is 4.39 Å². The number of aromatic nitrogens is 5. The van der Waals surface area contributed by atoms with Crippen LogP contribution in [0.1, 0.15) is 74.5 Å². The van der Waals surface area contributed by atoms with Crippen LogP contribution in [0.3, 0.4) is 0 Å². The number of nitrogens with one attached hydrogen (secondary N) is 3. The molecular formula is C34H41FN6S. The number of hydrogen-bond donors (Lipinski definition) is 3. The number of nitrogens with zero attached hydrogens (tertiary/aromatic N) is 3. The standard InChI is InChI=1S/C32H35FN6S.C2H6/c1-5-9-26(24-12-13-40-19-24)30-21(4)36-32(37-30)31-28(27(6-2)38-39-31)29(33)20(3)25-14-23(17-35-18-25)16-34-15-22-10-7-8-11-22;1-2/h5-6,9,12-14,17-19,22,34,38H,1,3,7-8,10-11,15-16H2,2,4H3,(H,36,37);1-2H3/b26-9-,27-6+,29-28-;. The van der Waals surface area contributed by atoms with E-state index in [0.717, 1.165) is 40.6 Å². The van der Waals surface area contributed by atoms with Crippen molar-refractivity contribution in [3.63, 3.8) is 0 Å². The topological polar surface area (TPSA) is 82.3 Å². The Morgan fingerprint density at radius 3 is 2.69 bits per heavy atom. The number of halogens is 1. The molecule has 0 aromatic carbocycles. The zero-order chi connectivity index (χ0) is 30.1. The van der Waals surface area contributed by atoms with Crippen molar-refractivity contribution >= 4 is 34.4 Å². The van der Waals surface area contributed by atoms with E-state index >= 15 is 4.39 Å². The molecule has 220 valence electrons. The molecule has 1 fully saturated rings. The Hall–Kier alpha value is -3.88. The smallest absolute Gasteiger partial charge is 0.159 e. The van der Waals surface area contributed by atoms with Crippen molar-refractivity contribution in [2.24, 2.45) is 5.92 Å². The van der Waals surface area contributed by atoms with E-state index in [-0.39, 0.29) is 5.57 Å². The predicted octanol–water partition coefficient (Wildman–Crippen LogP) is 7.08. The monoisotopic (exact) mass is 584 g/mol. The maximum Gasteiger partial charge on any atom is 0.159 e. The number of allylic oxidation sites excluding steroid dienone is 3. The number of hydrogen-bond acceptors (Lipinski definition) is 5. The van der Waals surface area contributed by atoms with Gasteiger partial charge in [-0.1, -0.05) is 58.1 Å². The lowest BCUT2D eigenvalue weighted by Gasteiger charge is -2.11. The molecule has 8 heteroatoms. The Morgan fingerprint density at radius 1 is 1.21 bits per heavy atom. The highest BCUT2D eigenvalue weighted by Gasteiger charge is 2.20. The quantitative estimate of drug-likeness (QED) is 0.174. The normalized spacial score (nSPS) is 15.0. The summed E-state index contributed by atoms with van der Waals surface area (Å²) < 4.78 is 16.3. The zero-order valence-electron chi connectivity index (χ0n) is 25.1. The van der Waals surface area contributed by atoms with Crippen molar-refractivity contribution in [2.75, 3.05) is 6.54 Å². The zero-order valence-corrected chi connectivity index (χ0v) is 25.9. The highest BCUT2D eigenvalue weighted by Crippen LogP contribution is 2.29. The van der Waals surface area contributed by atoms with Gasteiger partial charge in [0.25, 0.3) is 0 Å². The first-order valence-electron chi connectivity index (χ1n) is 14.7. The van der Waals surface area contributed by atoms with Crippen LogP contribution in [0.5, 0.6) is 0 Å². The molecule has 6 nitrogen and oxygen atoms in total. The van der Waals surface area contributed by atoms with Gasteiger partial charge in [0.1, 0.15) is 11.5 Å². The molecule has 4 aromatic heterocycles. The Bertz CT molecular complexity index is 1650. The summed E-state index contributed by atoms with van der Waals surface area (Å²) in [4.78, 5) is 12.6. The lowest BCUT2D eigenvalue weighted by molar-refractivity contribution is 0.489. The van der Waals surface area contributed by atoms with Gasteiger partial charge in [0.05, 0.1) is 16.3 Å². The summed E-state index contributed by atoms with van der Waals surface area (Å²) in [5, 5.41) is 15.9. The summed E-state index contributed by atoms with van der Waals surface area (Å²) in [7, 11) is 0. The Morgan fingerprint density at radius 2 is 2.00 bits per heavy atom. The average molecular weight is 585 g/mol. The van der Waals surface area contributed by atoms with Crippen molar-refractivity contribution in [1.82, 2.24) is 30.5 Å². The third kappa shape index (κ3) is 6.94. The number of pyridine rings is 1. The maximum atomic E-state index is 16.3. The summed E-state index contributed by atoms with van der Waals surface area (Å²) in [6, 6.07) is 4.00. The Kier molecular flexibility index (Phi) is 11.0. The van der Waals surface area contributed by atoms with Gasteiger partial charge >= 0.3 is 0 Å². The van der Waals surface area contributed by atoms with Crippen LogP contribution in [0.2, 0.25) is 0 Å². The summed E-state index contributed by atoms with van der Waals surface area (Å²) in [5.41, 5.74) is 5.90. The molecule has 4 heterocycles. The first kappa shape index (κ1) is 31.1. The third-order valence-electron chi connectivity index (χ3n) is 7.43. The minimum Gasteiger partial charge on any atom is -0.340 e. The van der Waals surface area contributed by atoms with Crippen molar-refractivity contribution < 1.29 is 4.39 Å². The van der Waals surface area contributed by atoms with E-state index in [9.17, 15) is 0 Å². The van der Waals surface area contributed by atoms with Crippen LogP contribution in [0, 0.1) is 12.8 Å². The molecule has 0 unspecified atom stereocenters. The molecule has 0 saturated heterocycles. The average Bonchev–Trinajstić information content (AvgIpc) is 3.84. The van der Waals surface area contributed by atoms with Crippen LogP contribution in [-0.4, -0.2) is 31.7 Å². The molecule has 1 saturated carbocycles. The van der Waals surface area contributed by atoms with Crippen molar-refractivity contribution in [1.29, 1.82) is 0 Å². The number of aromatic amines is 2. The summed E-state index contributed by atoms with van der Waals surface area (Å²) >= 11 is 1.62. The minimum absolute atomic E-state index is 0.255. The summed E-state index contributed by atoms with van der Waals surface area (Å²) in [6.07, 6.45) is 14.2. The highest BCUT2D eigenvalue weighted by molar-refractivity contribution is 7.08. The highest BCUT2D eigenvalue weighted by atomic mass is 32.1. The van der Waals surface area contributed by atoms with Gasteiger partial charge in [0, 0.05) is 41.3 Å². The second kappa shape index (κ2) is 14.8. The number of imidazole rings is 1. The molecule has 0 atom stereocenters. The lowest BCUT2D eigenvalue weighted by Crippen LogP contribution is -2.26. The van der Waals surface area contributed by atoms with E-state index < -0.39 is 5.83 Å². The molecule has 42 heavy (non-hydrogen) atoms. The Balaban J connectivity index is 0.00000198. The number of H-pyrrole nitrogens is 2. The van der Waals surface area contributed by atoms with Gasteiger partial charge in [-0.15, -0.1) is 0 Å². The molecule has 4 aromatic rings. The molecule has 0 bridgehead atoms. The van der Waals surface area contributed by atoms with Crippen LogP contribution < -0.4 is 15.9 Å². The second-order valence-electron chi connectivity index (χ2n) is 10.2. The fraction of sp³-hybridized carbons (Fsp3) is 0.324. The molecule has 1 aliphatic carbocycles. The second-order valence-corrected chi connectivity index (χ2v) is 11.0. The van der Waals surface area contributed by atoms with E-state index in [1.165, 1.54) is 25.7 Å². The first-order chi connectivity index (χ1) is 20.5. The third-order valence-corrected chi connectivity index (χ3v) is 8.11. The summed E-state index contributed by atoms with van der Waals surface area (Å²) in [6.45, 7) is 17.5. The number of aryl methyl sites for hydroxylation is 1. The minimum atomic E-state index is -0.468. The van der Waals surface area contributed by atoms with Crippen molar-refractivity contribution in [3.05, 3.63) is 99.2 Å². The van der Waals surface area contributed by atoms with Crippen LogP contribution in [0.25, 0.3) is 34.6 Å². The fourth-order valence-corrected chi connectivity index (χ4v) is 5.96. The molecule has 0 amide bonds. The van der Waals surface area contributed by atoms with Crippen LogP contribution in [-0.2, 0) is 6.54 Å². The number of rotatable bonds is 10. The van der Waals surface area contributed by atoms with Gasteiger partial charge in [-0.05, 0) is 73.2 Å². The fourth-order valence-electron chi connectivity index (χ4n) is 5.30. The van der Waals surface area contributed by atoms with E-state index in [4.69, 9.17) is 4.98 Å². The summed E-state index contributed by atoms with van der Waals surface area (Å²) in [5.74, 6) is 0.757. The van der Waals surface area contributed by atoms with Gasteiger partial charge < -0.3 is 10.3 Å². The molecule has 3 N–H and O–H groups in total. The molecule has 0 aliphatic heterocycles. The molecule has 5 rings (SSSR count). The van der Waals surface area contributed by atoms with Gasteiger partial charge in [-0.25, -0.2) is 9.37 Å². The lowest BCUT2D eigenvalue weighted by atomic mass is 10.0. The van der Waals surface area contributed by atoms with Crippen LogP contribution in [0.15, 0.2) is 60.6 Å². The van der Waals surface area contributed by atoms with Crippen LogP contribution >= 0.6 is 11.3 Å². The van der Waals surface area contributed by atoms with Crippen molar-refractivity contribution in [2.45, 2.75) is 59.9 Å². The molecule has 0 radical (unpaired) electrons. The van der Waals surface area contributed by atoms with E-state index in [2.05, 4.69) is 44.0 Å². The largest absolute Gasteiger partial charge is 0.340 e. The maximum absolute atomic E-state index is 16.3. The van der Waals surface area contributed by atoms with E-state index in [0.29, 0.717) is 34.2 Å². The predicted molar refractivity (Wildman–Crippen MR) is 175 cm³/mol. The van der Waals surface area contributed by atoms with Gasteiger partial charge in [-0.2, -0.15) is 16.4 Å². The van der Waals surface area contributed by atoms with Gasteiger partial charge in [0.2, 0.25) is 0 Å². The van der Waals surface area contributed by atoms with Crippen molar-refractivity contribution in [3.8, 4) is 11.5 Å². The van der Waals surface area contributed by atoms with E-state index in [1.807, 2.05) is 57.5 Å².